The monoisotopic (exact) mass is 358 g/mol. The van der Waals surface area contributed by atoms with Crippen LogP contribution in [-0.4, -0.2) is 53.7 Å². The lowest BCUT2D eigenvalue weighted by Crippen LogP contribution is -2.49. The lowest BCUT2D eigenvalue weighted by atomic mass is 10.1. The number of aliphatic carboxylic acids is 1. The molecule has 1 saturated heterocycles. The van der Waals surface area contributed by atoms with Crippen molar-refractivity contribution in [3.8, 4) is 5.75 Å². The van der Waals surface area contributed by atoms with E-state index in [1.54, 1.807) is 23.1 Å². The number of hydrogen-bond acceptors (Lipinski definition) is 5. The molecule has 26 heavy (non-hydrogen) atoms. The number of rotatable bonds is 5. The van der Waals surface area contributed by atoms with Crippen LogP contribution in [0, 0.1) is 0 Å². The Labute approximate surface area is 151 Å². The minimum absolute atomic E-state index is 0.119. The first-order valence-corrected chi connectivity index (χ1v) is 8.47. The summed E-state index contributed by atoms with van der Waals surface area (Å²) in [4.78, 5) is 27.6. The largest absolute Gasteiger partial charge is 0.478 e. The van der Waals surface area contributed by atoms with Gasteiger partial charge in [-0.1, -0.05) is 12.1 Å². The number of carboxylic acid groups (broad SMARTS) is 1. The van der Waals surface area contributed by atoms with E-state index in [2.05, 4.69) is 4.90 Å². The third kappa shape index (κ3) is 3.66. The first-order chi connectivity index (χ1) is 12.4. The van der Waals surface area contributed by atoms with E-state index in [9.17, 15) is 14.7 Å². The van der Waals surface area contributed by atoms with Crippen LogP contribution in [0.3, 0.4) is 0 Å². The number of carbonyl (C=O) groups excluding carboxylic acids is 1. The van der Waals surface area contributed by atoms with E-state index in [1.165, 1.54) is 20.1 Å². The van der Waals surface area contributed by atoms with Gasteiger partial charge in [-0.3, -0.25) is 4.79 Å². The highest BCUT2D eigenvalue weighted by atomic mass is 16.5. The number of nitrogens with zero attached hydrogens (tertiary/aromatic N) is 2. The van der Waals surface area contributed by atoms with Crippen LogP contribution in [0.2, 0.25) is 0 Å². The van der Waals surface area contributed by atoms with Crippen LogP contribution < -0.4 is 9.64 Å². The van der Waals surface area contributed by atoms with Gasteiger partial charge in [0.2, 0.25) is 0 Å². The molecule has 0 saturated carbocycles. The van der Waals surface area contributed by atoms with E-state index < -0.39 is 11.6 Å². The lowest BCUT2D eigenvalue weighted by molar-refractivity contribution is -0.152. The molecule has 3 rings (SSSR count). The van der Waals surface area contributed by atoms with Gasteiger partial charge in [-0.15, -0.1) is 0 Å². The quantitative estimate of drug-likeness (QED) is 0.884. The van der Waals surface area contributed by atoms with Crippen molar-refractivity contribution in [2.45, 2.75) is 19.4 Å². The molecular weight excluding hydrogens is 336 g/mol. The summed E-state index contributed by atoms with van der Waals surface area (Å²) in [6.07, 6.45) is 1.49. The number of hydrogen-bond donors (Lipinski definition) is 1. The van der Waals surface area contributed by atoms with Crippen molar-refractivity contribution in [3.63, 3.8) is 0 Å². The van der Waals surface area contributed by atoms with E-state index in [4.69, 9.17) is 9.15 Å². The average molecular weight is 358 g/mol. The molecule has 1 N–H and O–H groups in total. The molecule has 0 aliphatic carbocycles. The summed E-state index contributed by atoms with van der Waals surface area (Å²) in [5.41, 5.74) is -0.500. The highest BCUT2D eigenvalue weighted by Crippen LogP contribution is 2.32. The molecule has 1 aromatic heterocycles. The van der Waals surface area contributed by atoms with Gasteiger partial charge in [0.05, 0.1) is 12.0 Å². The van der Waals surface area contributed by atoms with Crippen molar-refractivity contribution in [1.29, 1.82) is 0 Å². The van der Waals surface area contributed by atoms with Gasteiger partial charge < -0.3 is 24.1 Å². The van der Waals surface area contributed by atoms with Gasteiger partial charge in [-0.25, -0.2) is 4.79 Å². The van der Waals surface area contributed by atoms with Gasteiger partial charge in [0, 0.05) is 26.2 Å². The Hall–Kier alpha value is -2.96. The molecule has 0 atom stereocenters. The molecule has 1 fully saturated rings. The Morgan fingerprint density at radius 2 is 1.77 bits per heavy atom. The number of anilines is 1. The van der Waals surface area contributed by atoms with Crippen LogP contribution in [0.15, 0.2) is 47.1 Å². The third-order valence-electron chi connectivity index (χ3n) is 4.38. The van der Waals surface area contributed by atoms with Crippen molar-refractivity contribution >= 4 is 17.6 Å². The van der Waals surface area contributed by atoms with Gasteiger partial charge in [-0.05, 0) is 38.1 Å². The zero-order valence-electron chi connectivity index (χ0n) is 14.8. The standard InChI is InChI=1S/C19H22N2O5/c1-19(2,18(23)24)26-15-7-4-3-6-14(15)20-9-11-21(12-10-20)17(22)16-8-5-13-25-16/h3-8,13H,9-12H2,1-2H3,(H,23,24). The average Bonchev–Trinajstić information content (AvgIpc) is 3.16. The minimum Gasteiger partial charge on any atom is -0.478 e. The van der Waals surface area contributed by atoms with Crippen LogP contribution in [0.4, 0.5) is 5.69 Å². The molecule has 138 valence electrons. The van der Waals surface area contributed by atoms with E-state index in [-0.39, 0.29) is 5.91 Å². The molecule has 0 radical (unpaired) electrons. The molecule has 2 heterocycles. The van der Waals surface area contributed by atoms with Crippen LogP contribution in [-0.2, 0) is 4.79 Å². The summed E-state index contributed by atoms with van der Waals surface area (Å²) in [5, 5.41) is 9.30. The van der Waals surface area contributed by atoms with Crippen molar-refractivity contribution in [3.05, 3.63) is 48.4 Å². The van der Waals surface area contributed by atoms with Gasteiger partial charge >= 0.3 is 5.97 Å². The Morgan fingerprint density at radius 1 is 1.08 bits per heavy atom. The third-order valence-corrected chi connectivity index (χ3v) is 4.38. The van der Waals surface area contributed by atoms with E-state index >= 15 is 0 Å². The molecule has 1 amide bonds. The van der Waals surface area contributed by atoms with Crippen molar-refractivity contribution in [2.75, 3.05) is 31.1 Å². The molecule has 7 nitrogen and oxygen atoms in total. The molecule has 2 aromatic rings. The summed E-state index contributed by atoms with van der Waals surface area (Å²) >= 11 is 0. The van der Waals surface area contributed by atoms with Crippen LogP contribution in [0.5, 0.6) is 5.75 Å². The smallest absolute Gasteiger partial charge is 0.347 e. The Balaban J connectivity index is 1.70. The summed E-state index contributed by atoms with van der Waals surface area (Å²) in [7, 11) is 0. The SMILES string of the molecule is CC(C)(Oc1ccccc1N1CCN(C(=O)c2ccco2)CC1)C(=O)O. The highest BCUT2D eigenvalue weighted by Gasteiger charge is 2.31. The van der Waals surface area contributed by atoms with Crippen LogP contribution >= 0.6 is 0 Å². The van der Waals surface area contributed by atoms with Crippen molar-refractivity contribution < 1.29 is 23.8 Å². The number of carboxylic acids is 1. The summed E-state index contributed by atoms with van der Waals surface area (Å²) < 4.78 is 10.9. The second-order valence-electron chi connectivity index (χ2n) is 6.64. The Bertz CT molecular complexity index is 777. The molecule has 0 unspecified atom stereocenters. The second kappa shape index (κ2) is 7.11. The predicted octanol–water partition coefficient (Wildman–Crippen LogP) is 2.48. The van der Waals surface area contributed by atoms with E-state index in [0.717, 1.165) is 5.69 Å². The highest BCUT2D eigenvalue weighted by molar-refractivity contribution is 5.91. The number of benzene rings is 1. The van der Waals surface area contributed by atoms with E-state index in [1.807, 2.05) is 18.2 Å². The van der Waals surface area contributed by atoms with Gasteiger partial charge in [0.15, 0.2) is 11.4 Å². The zero-order chi connectivity index (χ0) is 18.7. The van der Waals surface area contributed by atoms with Crippen LogP contribution in [0.1, 0.15) is 24.4 Å². The van der Waals surface area contributed by atoms with Gasteiger partial charge in [0.1, 0.15) is 5.75 Å². The van der Waals surface area contributed by atoms with Gasteiger partial charge in [0.25, 0.3) is 5.91 Å². The molecule has 0 spiro atoms. The normalized spacial score (nSPS) is 15.0. The Morgan fingerprint density at radius 3 is 2.38 bits per heavy atom. The number of piperazine rings is 1. The molecular formula is C19H22N2O5. The minimum atomic E-state index is -1.33. The predicted molar refractivity (Wildman–Crippen MR) is 95.6 cm³/mol. The number of amides is 1. The topological polar surface area (TPSA) is 83.2 Å². The summed E-state index contributed by atoms with van der Waals surface area (Å²) in [6.45, 7) is 5.39. The zero-order valence-corrected chi connectivity index (χ0v) is 14.8. The fourth-order valence-corrected chi connectivity index (χ4v) is 2.83. The second-order valence-corrected chi connectivity index (χ2v) is 6.64. The maximum Gasteiger partial charge on any atom is 0.347 e. The maximum atomic E-state index is 12.4. The fourth-order valence-electron chi connectivity index (χ4n) is 2.83. The van der Waals surface area contributed by atoms with Gasteiger partial charge in [-0.2, -0.15) is 0 Å². The first-order valence-electron chi connectivity index (χ1n) is 8.47. The lowest BCUT2D eigenvalue weighted by Gasteiger charge is -2.37. The fraction of sp³-hybridized carbons (Fsp3) is 0.368. The summed E-state index contributed by atoms with van der Waals surface area (Å²) in [5.74, 6) is -0.288. The molecule has 1 aliphatic rings. The molecule has 0 bridgehead atoms. The van der Waals surface area contributed by atoms with Crippen molar-refractivity contribution in [1.82, 2.24) is 4.90 Å². The molecule has 1 aliphatic heterocycles. The van der Waals surface area contributed by atoms with Crippen LogP contribution in [0.25, 0.3) is 0 Å². The Kier molecular flexibility index (Phi) is 4.88. The number of furan rings is 1. The number of carbonyl (C=O) groups is 2. The number of ether oxygens (including phenoxy) is 1. The van der Waals surface area contributed by atoms with Crippen molar-refractivity contribution in [2.24, 2.45) is 0 Å². The molecule has 1 aromatic carbocycles. The molecule has 7 heteroatoms. The number of para-hydroxylation sites is 2. The van der Waals surface area contributed by atoms with E-state index in [0.29, 0.717) is 37.7 Å². The summed E-state index contributed by atoms with van der Waals surface area (Å²) in [6, 6.07) is 10.7. The first kappa shape index (κ1) is 17.8. The maximum absolute atomic E-state index is 12.4.